The molecular formula is C34H36NO6+. The molecule has 0 saturated carbocycles. The summed E-state index contributed by atoms with van der Waals surface area (Å²) in [6, 6.07) is 20.9. The molecule has 3 aromatic carbocycles. The summed E-state index contributed by atoms with van der Waals surface area (Å²) in [6.07, 6.45) is 5.10. The largest absolute Gasteiger partial charge is 0.456 e. The number of nitrogens with zero attached hydrogens (tertiary/aromatic N) is 1. The zero-order valence-corrected chi connectivity index (χ0v) is 23.4. The molecule has 0 unspecified atom stereocenters. The molecule has 0 aliphatic carbocycles. The first-order valence-corrected chi connectivity index (χ1v) is 13.3. The summed E-state index contributed by atoms with van der Waals surface area (Å²) >= 11 is 0. The Hall–Kier alpha value is -4.75. The lowest BCUT2D eigenvalue weighted by Gasteiger charge is -2.34. The van der Waals surface area contributed by atoms with Crippen molar-refractivity contribution in [3.8, 4) is 0 Å². The molecular weight excluding hydrogens is 518 g/mol. The van der Waals surface area contributed by atoms with Crippen LogP contribution in [0, 0.1) is 0 Å². The van der Waals surface area contributed by atoms with Crippen molar-refractivity contribution in [2.75, 3.05) is 46.5 Å². The van der Waals surface area contributed by atoms with E-state index < -0.39 is 17.9 Å². The van der Waals surface area contributed by atoms with Gasteiger partial charge in [0.25, 0.3) is 0 Å². The fourth-order valence-electron chi connectivity index (χ4n) is 3.93. The summed E-state index contributed by atoms with van der Waals surface area (Å²) in [5, 5.41) is 0. The number of ether oxygens (including phenoxy) is 3. The number of carbonyl (C=O) groups is 3. The van der Waals surface area contributed by atoms with Crippen molar-refractivity contribution in [1.29, 1.82) is 0 Å². The van der Waals surface area contributed by atoms with E-state index in [0.29, 0.717) is 40.8 Å². The van der Waals surface area contributed by atoms with Gasteiger partial charge in [-0.05, 0) is 53.1 Å². The zero-order valence-electron chi connectivity index (χ0n) is 23.4. The second-order valence-corrected chi connectivity index (χ2v) is 9.68. The fourth-order valence-corrected chi connectivity index (χ4v) is 3.93. The van der Waals surface area contributed by atoms with Crippen LogP contribution < -0.4 is 0 Å². The van der Waals surface area contributed by atoms with E-state index in [1.165, 1.54) is 0 Å². The molecule has 7 nitrogen and oxygen atoms in total. The van der Waals surface area contributed by atoms with Crippen LogP contribution in [0.3, 0.4) is 0 Å². The van der Waals surface area contributed by atoms with Crippen molar-refractivity contribution in [1.82, 2.24) is 0 Å². The van der Waals surface area contributed by atoms with Crippen LogP contribution in [0.4, 0.5) is 0 Å². The molecule has 0 saturated heterocycles. The molecule has 0 fully saturated rings. The normalized spacial score (nSPS) is 10.8. The van der Waals surface area contributed by atoms with Crippen LogP contribution in [0.25, 0.3) is 18.2 Å². The minimum atomic E-state index is -0.434. The van der Waals surface area contributed by atoms with Crippen molar-refractivity contribution in [3.63, 3.8) is 0 Å². The monoisotopic (exact) mass is 554 g/mol. The maximum atomic E-state index is 12.5. The predicted molar refractivity (Wildman–Crippen MR) is 161 cm³/mol. The van der Waals surface area contributed by atoms with Crippen LogP contribution >= 0.6 is 0 Å². The standard InChI is InChI=1S/C34H36NO6/c1-5-26-8-14-29(15-9-26)32(36)39-23-20-35(4,21-24-40-33(37)30-16-10-27(6-2)11-17-30)22-25-41-34(38)31-18-12-28(7-3)13-19-31/h5-19H,1-3,20-25H2,4H3/q+1. The zero-order chi connectivity index (χ0) is 29.7. The lowest BCUT2D eigenvalue weighted by Crippen LogP contribution is -2.51. The van der Waals surface area contributed by atoms with Gasteiger partial charge in [-0.1, -0.05) is 74.4 Å². The molecule has 7 heteroatoms. The van der Waals surface area contributed by atoms with Crippen LogP contribution in [-0.2, 0) is 14.2 Å². The Bertz CT molecular complexity index is 1190. The number of rotatable bonds is 15. The lowest BCUT2D eigenvalue weighted by molar-refractivity contribution is -0.909. The van der Waals surface area contributed by atoms with Crippen molar-refractivity contribution in [2.24, 2.45) is 0 Å². The van der Waals surface area contributed by atoms with E-state index in [2.05, 4.69) is 19.7 Å². The average Bonchev–Trinajstić information content (AvgIpc) is 3.01. The molecule has 0 amide bonds. The van der Waals surface area contributed by atoms with Gasteiger partial charge in [-0.25, -0.2) is 14.4 Å². The van der Waals surface area contributed by atoms with E-state index in [1.54, 1.807) is 91.0 Å². The highest BCUT2D eigenvalue weighted by Crippen LogP contribution is 2.11. The second kappa shape index (κ2) is 15.1. The van der Waals surface area contributed by atoms with Gasteiger partial charge in [0, 0.05) is 0 Å². The van der Waals surface area contributed by atoms with Gasteiger partial charge >= 0.3 is 17.9 Å². The van der Waals surface area contributed by atoms with Gasteiger partial charge in [0.2, 0.25) is 0 Å². The van der Waals surface area contributed by atoms with E-state index in [-0.39, 0.29) is 19.8 Å². The maximum Gasteiger partial charge on any atom is 0.338 e. The molecule has 0 bridgehead atoms. The van der Waals surface area contributed by atoms with Gasteiger partial charge < -0.3 is 18.7 Å². The lowest BCUT2D eigenvalue weighted by atomic mass is 10.1. The van der Waals surface area contributed by atoms with Crippen molar-refractivity contribution < 1.29 is 33.1 Å². The van der Waals surface area contributed by atoms with E-state index in [1.807, 2.05) is 7.05 Å². The molecule has 0 spiro atoms. The third-order valence-electron chi connectivity index (χ3n) is 6.74. The van der Waals surface area contributed by atoms with Gasteiger partial charge in [0.1, 0.15) is 39.5 Å². The summed E-state index contributed by atoms with van der Waals surface area (Å²) in [6.45, 7) is 12.8. The quantitative estimate of drug-likeness (QED) is 0.132. The number of hydrogen-bond donors (Lipinski definition) is 0. The number of carbonyl (C=O) groups excluding carboxylic acids is 3. The molecule has 0 heterocycles. The van der Waals surface area contributed by atoms with Crippen molar-refractivity contribution >= 4 is 36.1 Å². The third-order valence-corrected chi connectivity index (χ3v) is 6.74. The fraction of sp³-hybridized carbons (Fsp3) is 0.206. The van der Waals surface area contributed by atoms with Crippen molar-refractivity contribution in [3.05, 3.63) is 126 Å². The van der Waals surface area contributed by atoms with Crippen LogP contribution in [0.15, 0.2) is 92.5 Å². The van der Waals surface area contributed by atoms with Crippen LogP contribution in [0.2, 0.25) is 0 Å². The Kier molecular flexibility index (Phi) is 11.4. The summed E-state index contributed by atoms with van der Waals surface area (Å²) < 4.78 is 16.9. The minimum absolute atomic E-state index is 0.131. The van der Waals surface area contributed by atoms with Gasteiger partial charge in [-0.15, -0.1) is 0 Å². The maximum absolute atomic E-state index is 12.5. The highest BCUT2D eigenvalue weighted by molar-refractivity contribution is 5.90. The van der Waals surface area contributed by atoms with E-state index in [9.17, 15) is 14.4 Å². The topological polar surface area (TPSA) is 78.9 Å². The summed E-state index contributed by atoms with van der Waals surface area (Å²) in [5.41, 5.74) is 4.04. The SMILES string of the molecule is C=Cc1ccc(C(=O)OCC[N+](C)(CCOC(=O)c2ccc(C=C)cc2)CCOC(=O)c2ccc(C=C)cc2)cc1. The summed E-state index contributed by atoms with van der Waals surface area (Å²) in [4.78, 5) is 37.6. The highest BCUT2D eigenvalue weighted by Gasteiger charge is 2.24. The molecule has 0 radical (unpaired) electrons. The Labute approximate surface area is 241 Å². The number of likely N-dealkylation sites (N-methyl/N-ethyl adjacent to an activating group) is 1. The van der Waals surface area contributed by atoms with Gasteiger partial charge in [-0.2, -0.15) is 0 Å². The molecule has 0 N–H and O–H groups in total. The van der Waals surface area contributed by atoms with Gasteiger partial charge in [0.05, 0.1) is 23.7 Å². The second-order valence-electron chi connectivity index (χ2n) is 9.68. The molecule has 0 aliphatic rings. The molecule has 0 atom stereocenters. The molecule has 212 valence electrons. The Balaban J connectivity index is 1.58. The first-order chi connectivity index (χ1) is 19.8. The highest BCUT2D eigenvalue weighted by atomic mass is 16.5. The Morgan fingerprint density at radius 2 is 0.780 bits per heavy atom. The number of benzene rings is 3. The van der Waals surface area contributed by atoms with Crippen LogP contribution in [-0.4, -0.2) is 68.9 Å². The number of quaternary nitrogens is 1. The molecule has 41 heavy (non-hydrogen) atoms. The summed E-state index contributed by atoms with van der Waals surface area (Å²) in [7, 11) is 1.94. The Morgan fingerprint density at radius 3 is 1.00 bits per heavy atom. The third kappa shape index (κ3) is 9.44. The van der Waals surface area contributed by atoms with Gasteiger partial charge in [0.15, 0.2) is 0 Å². The first kappa shape index (κ1) is 30.8. The van der Waals surface area contributed by atoms with Gasteiger partial charge in [-0.3, -0.25) is 0 Å². The molecule has 0 aromatic heterocycles. The molecule has 3 rings (SSSR count). The Morgan fingerprint density at radius 1 is 0.537 bits per heavy atom. The van der Waals surface area contributed by atoms with Crippen LogP contribution in [0.1, 0.15) is 47.8 Å². The molecule has 3 aromatic rings. The number of esters is 3. The molecule has 0 aliphatic heterocycles. The average molecular weight is 555 g/mol. The first-order valence-electron chi connectivity index (χ1n) is 13.3. The van der Waals surface area contributed by atoms with Crippen LogP contribution in [0.5, 0.6) is 0 Å². The number of hydrogen-bond acceptors (Lipinski definition) is 6. The predicted octanol–water partition coefficient (Wildman–Crippen LogP) is 5.93. The van der Waals surface area contributed by atoms with E-state index in [4.69, 9.17) is 14.2 Å². The van der Waals surface area contributed by atoms with E-state index in [0.717, 1.165) is 16.7 Å². The smallest absolute Gasteiger partial charge is 0.338 e. The van der Waals surface area contributed by atoms with Crippen molar-refractivity contribution in [2.45, 2.75) is 0 Å². The van der Waals surface area contributed by atoms with E-state index >= 15 is 0 Å². The minimum Gasteiger partial charge on any atom is -0.456 e. The summed E-state index contributed by atoms with van der Waals surface area (Å²) in [5.74, 6) is -1.30.